The number of nitrogens with zero attached hydrogens (tertiary/aromatic N) is 1. The lowest BCUT2D eigenvalue weighted by Crippen LogP contribution is -2.41. The number of nitrogen functional groups attached to an aromatic ring is 1. The SMILES string of the molecule is Nc1ccc(O)c(C(=O)NNC(=O)c2ccncc2)c1. The third-order valence-electron chi connectivity index (χ3n) is 2.50. The number of pyridine rings is 1. The van der Waals surface area contributed by atoms with Crippen LogP contribution in [-0.4, -0.2) is 21.9 Å². The Morgan fingerprint density at radius 3 is 2.40 bits per heavy atom. The third kappa shape index (κ3) is 3.02. The van der Waals surface area contributed by atoms with E-state index in [4.69, 9.17) is 5.73 Å². The van der Waals surface area contributed by atoms with Crippen molar-refractivity contribution in [3.05, 3.63) is 53.9 Å². The number of benzene rings is 1. The zero-order valence-corrected chi connectivity index (χ0v) is 10.3. The van der Waals surface area contributed by atoms with Gasteiger partial charge in [0.2, 0.25) is 0 Å². The molecule has 0 radical (unpaired) electrons. The molecule has 2 amide bonds. The van der Waals surface area contributed by atoms with Gasteiger partial charge in [-0.2, -0.15) is 0 Å². The van der Waals surface area contributed by atoms with E-state index in [-0.39, 0.29) is 11.3 Å². The molecule has 0 aliphatic heterocycles. The van der Waals surface area contributed by atoms with Gasteiger partial charge < -0.3 is 10.8 Å². The maximum absolute atomic E-state index is 11.8. The van der Waals surface area contributed by atoms with Crippen molar-refractivity contribution in [1.29, 1.82) is 0 Å². The van der Waals surface area contributed by atoms with Gasteiger partial charge in [0, 0.05) is 23.6 Å². The van der Waals surface area contributed by atoms with Gasteiger partial charge in [-0.3, -0.25) is 25.4 Å². The summed E-state index contributed by atoms with van der Waals surface area (Å²) < 4.78 is 0. The van der Waals surface area contributed by atoms with E-state index in [2.05, 4.69) is 15.8 Å². The maximum Gasteiger partial charge on any atom is 0.273 e. The number of aromatic hydroxyl groups is 1. The lowest BCUT2D eigenvalue weighted by molar-refractivity contribution is 0.0845. The highest BCUT2D eigenvalue weighted by molar-refractivity contribution is 6.00. The summed E-state index contributed by atoms with van der Waals surface area (Å²) in [4.78, 5) is 27.3. The van der Waals surface area contributed by atoms with Crippen molar-refractivity contribution in [2.45, 2.75) is 0 Å². The lowest BCUT2D eigenvalue weighted by atomic mass is 10.1. The van der Waals surface area contributed by atoms with Gasteiger partial charge in [0.15, 0.2) is 0 Å². The van der Waals surface area contributed by atoms with E-state index in [0.29, 0.717) is 11.3 Å². The van der Waals surface area contributed by atoms with Gasteiger partial charge in [0.1, 0.15) is 5.75 Å². The van der Waals surface area contributed by atoms with Crippen molar-refractivity contribution in [2.24, 2.45) is 0 Å². The molecule has 2 aromatic rings. The van der Waals surface area contributed by atoms with Gasteiger partial charge in [-0.25, -0.2) is 0 Å². The van der Waals surface area contributed by atoms with E-state index in [1.54, 1.807) is 0 Å². The van der Waals surface area contributed by atoms with Crippen molar-refractivity contribution in [2.75, 3.05) is 5.73 Å². The summed E-state index contributed by atoms with van der Waals surface area (Å²) in [6.07, 6.45) is 2.92. The topological polar surface area (TPSA) is 117 Å². The predicted molar refractivity (Wildman–Crippen MR) is 71.7 cm³/mol. The number of carbonyl (C=O) groups excluding carboxylic acids is 2. The molecule has 0 aliphatic rings. The van der Waals surface area contributed by atoms with Gasteiger partial charge in [-0.1, -0.05) is 0 Å². The number of anilines is 1. The first-order chi connectivity index (χ1) is 9.58. The zero-order valence-electron chi connectivity index (χ0n) is 10.3. The second-order valence-corrected chi connectivity index (χ2v) is 3.92. The van der Waals surface area contributed by atoms with Crippen LogP contribution in [0.1, 0.15) is 20.7 Å². The first kappa shape index (κ1) is 13.3. The molecule has 0 bridgehead atoms. The average Bonchev–Trinajstić information content (AvgIpc) is 2.47. The van der Waals surface area contributed by atoms with E-state index in [1.165, 1.54) is 42.7 Å². The van der Waals surface area contributed by atoms with Gasteiger partial charge in [-0.05, 0) is 30.3 Å². The fraction of sp³-hybridized carbons (Fsp3) is 0. The summed E-state index contributed by atoms with van der Waals surface area (Å²) in [6, 6.07) is 7.07. The third-order valence-corrected chi connectivity index (χ3v) is 2.50. The van der Waals surface area contributed by atoms with Crippen molar-refractivity contribution >= 4 is 17.5 Å². The Bertz CT molecular complexity index is 643. The number of hydrogen-bond acceptors (Lipinski definition) is 5. The minimum atomic E-state index is -0.669. The summed E-state index contributed by atoms with van der Waals surface area (Å²) in [6.45, 7) is 0. The molecule has 1 heterocycles. The summed E-state index contributed by atoms with van der Waals surface area (Å²) >= 11 is 0. The smallest absolute Gasteiger partial charge is 0.273 e. The Hall–Kier alpha value is -3.09. The molecule has 7 heteroatoms. The highest BCUT2D eigenvalue weighted by Crippen LogP contribution is 2.19. The first-order valence-corrected chi connectivity index (χ1v) is 5.67. The molecule has 0 atom stereocenters. The summed E-state index contributed by atoms with van der Waals surface area (Å²) in [7, 11) is 0. The van der Waals surface area contributed by atoms with Crippen molar-refractivity contribution in [3.63, 3.8) is 0 Å². The second-order valence-electron chi connectivity index (χ2n) is 3.92. The molecule has 0 fully saturated rings. The van der Waals surface area contributed by atoms with E-state index in [9.17, 15) is 14.7 Å². The predicted octanol–water partition coefficient (Wildman–Crippen LogP) is 0.444. The monoisotopic (exact) mass is 272 g/mol. The van der Waals surface area contributed by atoms with Gasteiger partial charge in [-0.15, -0.1) is 0 Å². The highest BCUT2D eigenvalue weighted by atomic mass is 16.3. The van der Waals surface area contributed by atoms with Gasteiger partial charge >= 0.3 is 0 Å². The Morgan fingerprint density at radius 1 is 1.05 bits per heavy atom. The van der Waals surface area contributed by atoms with Crippen LogP contribution in [0.3, 0.4) is 0 Å². The molecule has 0 aliphatic carbocycles. The zero-order chi connectivity index (χ0) is 14.5. The number of phenolic OH excluding ortho intramolecular Hbond substituents is 1. The van der Waals surface area contributed by atoms with Crippen LogP contribution in [0.5, 0.6) is 5.75 Å². The van der Waals surface area contributed by atoms with E-state index < -0.39 is 11.8 Å². The number of aromatic nitrogens is 1. The first-order valence-electron chi connectivity index (χ1n) is 5.67. The van der Waals surface area contributed by atoms with Crippen LogP contribution in [0, 0.1) is 0 Å². The van der Waals surface area contributed by atoms with Crippen LogP contribution >= 0.6 is 0 Å². The molecule has 5 N–H and O–H groups in total. The molecule has 0 spiro atoms. The number of phenols is 1. The van der Waals surface area contributed by atoms with Crippen LogP contribution in [0.15, 0.2) is 42.7 Å². The number of rotatable bonds is 2. The van der Waals surface area contributed by atoms with Crippen molar-refractivity contribution in [1.82, 2.24) is 15.8 Å². The van der Waals surface area contributed by atoms with Crippen LogP contribution in [0.2, 0.25) is 0 Å². The van der Waals surface area contributed by atoms with Crippen molar-refractivity contribution < 1.29 is 14.7 Å². The number of hydrogen-bond donors (Lipinski definition) is 4. The highest BCUT2D eigenvalue weighted by Gasteiger charge is 2.12. The summed E-state index contributed by atoms with van der Waals surface area (Å²) in [5.41, 5.74) is 10.6. The van der Waals surface area contributed by atoms with Crippen LogP contribution < -0.4 is 16.6 Å². The van der Waals surface area contributed by atoms with Crippen LogP contribution in [0.25, 0.3) is 0 Å². The van der Waals surface area contributed by atoms with E-state index in [0.717, 1.165) is 0 Å². The average molecular weight is 272 g/mol. The fourth-order valence-electron chi connectivity index (χ4n) is 1.49. The number of nitrogens with two attached hydrogens (primary N) is 1. The number of nitrogens with one attached hydrogen (secondary N) is 2. The molecule has 102 valence electrons. The molecular weight excluding hydrogens is 260 g/mol. The Balaban J connectivity index is 2.02. The minimum absolute atomic E-state index is 0.0278. The standard InChI is InChI=1S/C13H12N4O3/c14-9-1-2-11(18)10(7-9)13(20)17-16-12(19)8-3-5-15-6-4-8/h1-7,18H,14H2,(H,16,19)(H,17,20). The van der Waals surface area contributed by atoms with E-state index >= 15 is 0 Å². The Kier molecular flexibility index (Phi) is 3.80. The number of amides is 2. The molecule has 20 heavy (non-hydrogen) atoms. The summed E-state index contributed by atoms with van der Waals surface area (Å²) in [5, 5.41) is 9.55. The van der Waals surface area contributed by atoms with E-state index in [1.807, 2.05) is 0 Å². The molecule has 0 unspecified atom stereocenters. The molecule has 7 nitrogen and oxygen atoms in total. The molecular formula is C13H12N4O3. The number of hydrazine groups is 1. The van der Waals surface area contributed by atoms with Crippen LogP contribution in [0.4, 0.5) is 5.69 Å². The van der Waals surface area contributed by atoms with Gasteiger partial charge in [0.05, 0.1) is 5.56 Å². The number of carbonyl (C=O) groups is 2. The lowest BCUT2D eigenvalue weighted by Gasteiger charge is -2.08. The molecule has 2 rings (SSSR count). The van der Waals surface area contributed by atoms with Crippen LogP contribution in [-0.2, 0) is 0 Å². The summed E-state index contributed by atoms with van der Waals surface area (Å²) in [5.74, 6) is -1.39. The Morgan fingerprint density at radius 2 is 1.70 bits per heavy atom. The maximum atomic E-state index is 11.8. The van der Waals surface area contributed by atoms with Gasteiger partial charge in [0.25, 0.3) is 11.8 Å². The quantitative estimate of drug-likeness (QED) is 0.359. The molecule has 1 aromatic heterocycles. The Labute approximate surface area is 114 Å². The van der Waals surface area contributed by atoms with Crippen molar-refractivity contribution in [3.8, 4) is 5.75 Å². The largest absolute Gasteiger partial charge is 0.507 e. The normalized spacial score (nSPS) is 9.80. The minimum Gasteiger partial charge on any atom is -0.507 e. The molecule has 0 saturated carbocycles. The fourth-order valence-corrected chi connectivity index (χ4v) is 1.49. The second kappa shape index (κ2) is 5.70. The molecule has 0 saturated heterocycles. The molecule has 1 aromatic carbocycles.